The fourth-order valence-electron chi connectivity index (χ4n) is 3.83. The lowest BCUT2D eigenvalue weighted by molar-refractivity contribution is -0.154. The zero-order chi connectivity index (χ0) is 23.6. The van der Waals surface area contributed by atoms with E-state index in [9.17, 15) is 32.7 Å². The van der Waals surface area contributed by atoms with E-state index >= 15 is 0 Å². The van der Waals surface area contributed by atoms with Gasteiger partial charge in [0.1, 0.15) is 12.3 Å². The molecule has 170 valence electrons. The van der Waals surface area contributed by atoms with Crippen LogP contribution in [0.2, 0.25) is 0 Å². The Balaban J connectivity index is 2.24. The smallest absolute Gasteiger partial charge is 0.416 e. The molecule has 2 aromatic carbocycles. The molecule has 0 fully saturated rings. The van der Waals surface area contributed by atoms with E-state index < -0.39 is 48.2 Å². The first kappa shape index (κ1) is 23.1. The van der Waals surface area contributed by atoms with Crippen molar-refractivity contribution in [3.63, 3.8) is 0 Å². The highest BCUT2D eigenvalue weighted by atomic mass is 19.4. The van der Waals surface area contributed by atoms with Gasteiger partial charge in [-0.15, -0.1) is 0 Å². The first-order valence-electron chi connectivity index (χ1n) is 9.56. The van der Waals surface area contributed by atoms with Crippen molar-refractivity contribution in [1.29, 1.82) is 0 Å². The molecule has 32 heavy (non-hydrogen) atoms. The Morgan fingerprint density at radius 3 is 2.34 bits per heavy atom. The Bertz CT molecular complexity index is 1030. The molecule has 7 nitrogen and oxygen atoms in total. The van der Waals surface area contributed by atoms with Gasteiger partial charge in [-0.3, -0.25) is 19.3 Å². The van der Waals surface area contributed by atoms with Crippen LogP contribution in [0.1, 0.15) is 29.5 Å². The number of ether oxygens (including phenoxy) is 2. The topological polar surface area (TPSA) is 93.1 Å². The van der Waals surface area contributed by atoms with Crippen molar-refractivity contribution >= 4 is 23.5 Å². The number of halogens is 3. The predicted molar refractivity (Wildman–Crippen MR) is 106 cm³/mol. The van der Waals surface area contributed by atoms with Gasteiger partial charge in [-0.05, 0) is 41.8 Å². The normalized spacial score (nSPS) is 18.5. The number of hydrogen-bond acceptors (Lipinski definition) is 5. The van der Waals surface area contributed by atoms with Crippen LogP contribution in [0.3, 0.4) is 0 Å². The number of methoxy groups -OCH3 is 1. The number of hydrogen-bond donors (Lipinski definition) is 1. The van der Waals surface area contributed by atoms with Crippen LogP contribution in [0, 0.1) is 0 Å². The van der Waals surface area contributed by atoms with Gasteiger partial charge in [-0.2, -0.15) is 13.2 Å². The maximum atomic E-state index is 13.8. The van der Waals surface area contributed by atoms with Crippen molar-refractivity contribution in [3.05, 3.63) is 59.2 Å². The zero-order valence-corrected chi connectivity index (χ0v) is 17.2. The number of fused-ring (bicyclic) bond motifs is 1. The second-order valence-corrected chi connectivity index (χ2v) is 7.23. The molecule has 0 saturated heterocycles. The van der Waals surface area contributed by atoms with Gasteiger partial charge in [0.05, 0.1) is 12.7 Å². The van der Waals surface area contributed by atoms with Gasteiger partial charge in [0.25, 0.3) is 5.91 Å². The monoisotopic (exact) mass is 451 g/mol. The SMILES string of the molecule is COc1ccc([C@@H]2Cc3c(cccc3C(F)(F)F)N(CC(=O)O)C(=O)[C@@H]2OC(C)=O)cc1. The van der Waals surface area contributed by atoms with Gasteiger partial charge in [-0.1, -0.05) is 18.2 Å². The molecule has 0 radical (unpaired) electrons. The maximum Gasteiger partial charge on any atom is 0.416 e. The summed E-state index contributed by atoms with van der Waals surface area (Å²) in [6.45, 7) is 0.180. The molecule has 0 bridgehead atoms. The summed E-state index contributed by atoms with van der Waals surface area (Å²) < 4.78 is 51.8. The summed E-state index contributed by atoms with van der Waals surface area (Å²) in [6, 6.07) is 9.51. The maximum absolute atomic E-state index is 13.8. The number of carboxylic acids is 1. The van der Waals surface area contributed by atoms with Gasteiger partial charge < -0.3 is 14.6 Å². The van der Waals surface area contributed by atoms with E-state index in [-0.39, 0.29) is 17.7 Å². The standard InChI is InChI=1S/C22H20F3NO6/c1-12(27)32-20-15(13-6-8-14(31-2)9-7-13)10-16-17(22(23,24)25)4-3-5-18(16)26(21(20)30)11-19(28)29/h3-9,15,20H,10-11H2,1-2H3,(H,28,29)/t15-,20+/m0/s1. The van der Waals surface area contributed by atoms with E-state index in [0.717, 1.165) is 24.0 Å². The number of carbonyl (C=O) groups excluding carboxylic acids is 2. The molecule has 2 atom stereocenters. The first-order chi connectivity index (χ1) is 15.0. The number of anilines is 1. The number of nitrogens with zero attached hydrogens (tertiary/aromatic N) is 1. The third kappa shape index (κ3) is 4.68. The van der Waals surface area contributed by atoms with Crippen LogP contribution in [0.15, 0.2) is 42.5 Å². The van der Waals surface area contributed by atoms with Crippen molar-refractivity contribution in [1.82, 2.24) is 0 Å². The van der Waals surface area contributed by atoms with Crippen LogP contribution in [0.5, 0.6) is 5.75 Å². The third-order valence-corrected chi connectivity index (χ3v) is 5.18. The molecule has 1 N–H and O–H groups in total. The second kappa shape index (κ2) is 8.89. The molecule has 0 saturated carbocycles. The van der Waals surface area contributed by atoms with Gasteiger partial charge >= 0.3 is 18.1 Å². The van der Waals surface area contributed by atoms with Crippen LogP contribution in [-0.4, -0.2) is 42.7 Å². The summed E-state index contributed by atoms with van der Waals surface area (Å²) in [5.41, 5.74) is -0.976. The highest BCUT2D eigenvalue weighted by Crippen LogP contribution is 2.42. The largest absolute Gasteiger partial charge is 0.497 e. The highest BCUT2D eigenvalue weighted by Gasteiger charge is 2.44. The average molecular weight is 451 g/mol. The van der Waals surface area contributed by atoms with Crippen molar-refractivity contribution in [3.8, 4) is 5.75 Å². The average Bonchev–Trinajstić information content (AvgIpc) is 2.83. The predicted octanol–water partition coefficient (Wildman–Crippen LogP) is 3.40. The van der Waals surface area contributed by atoms with Gasteiger partial charge in [0.15, 0.2) is 6.10 Å². The number of alkyl halides is 3. The van der Waals surface area contributed by atoms with Crippen molar-refractivity contribution in [2.75, 3.05) is 18.6 Å². The first-order valence-corrected chi connectivity index (χ1v) is 9.56. The van der Waals surface area contributed by atoms with E-state index in [1.54, 1.807) is 24.3 Å². The summed E-state index contributed by atoms with van der Waals surface area (Å²) in [7, 11) is 1.45. The Kier molecular flexibility index (Phi) is 6.42. The summed E-state index contributed by atoms with van der Waals surface area (Å²) in [6.07, 6.45) is -6.57. The number of benzene rings is 2. The highest BCUT2D eigenvalue weighted by molar-refractivity contribution is 6.02. The Hall–Kier alpha value is -3.56. The Morgan fingerprint density at radius 2 is 1.81 bits per heavy atom. The summed E-state index contributed by atoms with van der Waals surface area (Å²) in [4.78, 5) is 37.2. The van der Waals surface area contributed by atoms with Crippen LogP contribution in [-0.2, 0) is 31.7 Å². The summed E-state index contributed by atoms with van der Waals surface area (Å²) in [5, 5.41) is 9.30. The fourth-order valence-corrected chi connectivity index (χ4v) is 3.83. The lowest BCUT2D eigenvalue weighted by Gasteiger charge is -2.27. The van der Waals surface area contributed by atoms with Gasteiger partial charge in [-0.25, -0.2) is 0 Å². The lowest BCUT2D eigenvalue weighted by atomic mass is 9.86. The molecule has 2 aromatic rings. The molecule has 1 aliphatic rings. The molecular formula is C22H20F3NO6. The van der Waals surface area contributed by atoms with Crippen LogP contribution in [0.4, 0.5) is 18.9 Å². The Morgan fingerprint density at radius 1 is 1.16 bits per heavy atom. The van der Waals surface area contributed by atoms with Crippen molar-refractivity contribution < 1.29 is 42.1 Å². The molecule has 0 spiro atoms. The minimum Gasteiger partial charge on any atom is -0.497 e. The second-order valence-electron chi connectivity index (χ2n) is 7.23. The van der Waals surface area contributed by atoms with Crippen LogP contribution >= 0.6 is 0 Å². The lowest BCUT2D eigenvalue weighted by Crippen LogP contribution is -2.45. The minimum atomic E-state index is -4.74. The molecule has 1 aliphatic heterocycles. The van der Waals surface area contributed by atoms with Crippen LogP contribution < -0.4 is 9.64 Å². The van der Waals surface area contributed by atoms with E-state index in [4.69, 9.17) is 9.47 Å². The number of carbonyl (C=O) groups is 3. The molecule has 3 rings (SSSR count). The van der Waals surface area contributed by atoms with E-state index in [0.29, 0.717) is 11.3 Å². The molecule has 0 aliphatic carbocycles. The van der Waals surface area contributed by atoms with Gasteiger partial charge in [0.2, 0.25) is 0 Å². The molecule has 0 aromatic heterocycles. The number of aliphatic carboxylic acids is 1. The van der Waals surface area contributed by atoms with E-state index in [2.05, 4.69) is 0 Å². The zero-order valence-electron chi connectivity index (χ0n) is 17.2. The van der Waals surface area contributed by atoms with E-state index in [1.807, 2.05) is 0 Å². The van der Waals surface area contributed by atoms with Gasteiger partial charge in [0, 0.05) is 18.5 Å². The third-order valence-electron chi connectivity index (χ3n) is 5.18. The molecule has 1 heterocycles. The molecular weight excluding hydrogens is 431 g/mol. The number of esters is 1. The number of amides is 1. The minimum absolute atomic E-state index is 0.180. The Labute approximate surface area is 181 Å². The fraction of sp³-hybridized carbons (Fsp3) is 0.318. The summed E-state index contributed by atoms with van der Waals surface area (Å²) >= 11 is 0. The van der Waals surface area contributed by atoms with Crippen LogP contribution in [0.25, 0.3) is 0 Å². The van der Waals surface area contributed by atoms with Crippen molar-refractivity contribution in [2.45, 2.75) is 31.5 Å². The molecule has 0 unspecified atom stereocenters. The van der Waals surface area contributed by atoms with Crippen molar-refractivity contribution in [2.24, 2.45) is 0 Å². The molecule has 1 amide bonds. The number of rotatable bonds is 5. The van der Waals surface area contributed by atoms with E-state index in [1.165, 1.54) is 13.2 Å². The summed E-state index contributed by atoms with van der Waals surface area (Å²) in [5.74, 6) is -3.66. The molecule has 10 heteroatoms. The quantitative estimate of drug-likeness (QED) is 0.701. The number of carboxylic acid groups (broad SMARTS) is 1.